The molecule has 0 aromatic heterocycles. The quantitative estimate of drug-likeness (QED) is 0.102. The molecule has 0 heterocycles. The Labute approximate surface area is 161 Å². The molecule has 6 heteroatoms. The maximum atomic E-state index is 11.5. The maximum Gasteiger partial charge on any atom is 0.499 e. The Morgan fingerprint density at radius 1 is 0.769 bits per heavy atom. The van der Waals surface area contributed by atoms with Crippen LogP contribution in [0, 0.1) is 5.92 Å². The molecule has 0 rings (SSSR count). The molecule has 0 aliphatic heterocycles. The van der Waals surface area contributed by atoms with Crippen LogP contribution >= 0.6 is 7.82 Å². The standard InChI is InChI=1S/C20H43O5P/c1-4-5-6-7-8-9-10-11-12-13-14-15-16-17-18-23-25-26(21,22)24-19-20(2)3/h20H,4-19H2,1-3H3,(H,21,22). The molecule has 0 aromatic rings. The van der Waals surface area contributed by atoms with Gasteiger partial charge in [-0.1, -0.05) is 104 Å². The third-order valence-corrected chi connectivity index (χ3v) is 5.07. The summed E-state index contributed by atoms with van der Waals surface area (Å²) in [5, 5.41) is 0. The average molecular weight is 395 g/mol. The molecule has 5 nitrogen and oxygen atoms in total. The van der Waals surface area contributed by atoms with Gasteiger partial charge in [-0.2, -0.15) is 0 Å². The topological polar surface area (TPSA) is 65.0 Å². The molecule has 0 saturated carbocycles. The van der Waals surface area contributed by atoms with Crippen LogP contribution in [0.4, 0.5) is 0 Å². The number of phosphoric ester groups is 1. The van der Waals surface area contributed by atoms with Crippen molar-refractivity contribution in [1.82, 2.24) is 0 Å². The van der Waals surface area contributed by atoms with Gasteiger partial charge in [-0.15, -0.1) is 4.67 Å². The lowest BCUT2D eigenvalue weighted by molar-refractivity contribution is -0.225. The molecular weight excluding hydrogens is 351 g/mol. The van der Waals surface area contributed by atoms with Crippen LogP contribution < -0.4 is 0 Å². The third kappa shape index (κ3) is 20.4. The molecule has 0 spiro atoms. The van der Waals surface area contributed by atoms with Crippen molar-refractivity contribution in [2.75, 3.05) is 13.2 Å². The highest BCUT2D eigenvalue weighted by Crippen LogP contribution is 2.43. The van der Waals surface area contributed by atoms with E-state index in [1.165, 1.54) is 77.0 Å². The van der Waals surface area contributed by atoms with Crippen molar-refractivity contribution in [3.63, 3.8) is 0 Å². The van der Waals surface area contributed by atoms with Crippen molar-refractivity contribution < 1.29 is 23.5 Å². The summed E-state index contributed by atoms with van der Waals surface area (Å²) in [6, 6.07) is 0. The van der Waals surface area contributed by atoms with Crippen LogP contribution in [0.3, 0.4) is 0 Å². The summed E-state index contributed by atoms with van der Waals surface area (Å²) < 4.78 is 20.7. The Bertz CT molecular complexity index is 336. The summed E-state index contributed by atoms with van der Waals surface area (Å²) in [4.78, 5) is 14.2. The molecule has 1 N–H and O–H groups in total. The van der Waals surface area contributed by atoms with Crippen molar-refractivity contribution in [3.05, 3.63) is 0 Å². The van der Waals surface area contributed by atoms with Gasteiger partial charge < -0.3 is 4.89 Å². The van der Waals surface area contributed by atoms with Gasteiger partial charge in [0.15, 0.2) is 0 Å². The number of rotatable bonds is 20. The summed E-state index contributed by atoms with van der Waals surface area (Å²) >= 11 is 0. The lowest BCUT2D eigenvalue weighted by atomic mass is 10.0. The van der Waals surface area contributed by atoms with Crippen LogP contribution in [0.25, 0.3) is 0 Å². The second-order valence-corrected chi connectivity index (χ2v) is 9.00. The Morgan fingerprint density at radius 3 is 1.62 bits per heavy atom. The zero-order valence-corrected chi connectivity index (χ0v) is 18.3. The van der Waals surface area contributed by atoms with Crippen LogP contribution in [0.5, 0.6) is 0 Å². The Balaban J connectivity index is 3.21. The van der Waals surface area contributed by atoms with Crippen molar-refractivity contribution in [2.24, 2.45) is 5.92 Å². The smallest absolute Gasteiger partial charge is 0.301 e. The normalized spacial score (nSPS) is 14.0. The molecule has 158 valence electrons. The van der Waals surface area contributed by atoms with Gasteiger partial charge in [-0.3, -0.25) is 4.52 Å². The Kier molecular flexibility index (Phi) is 18.5. The molecule has 0 amide bonds. The number of phosphoric acid groups is 1. The average Bonchev–Trinajstić information content (AvgIpc) is 2.60. The van der Waals surface area contributed by atoms with E-state index in [-0.39, 0.29) is 12.5 Å². The van der Waals surface area contributed by atoms with Crippen LogP contribution in [0.1, 0.15) is 111 Å². The van der Waals surface area contributed by atoms with Gasteiger partial charge >= 0.3 is 7.82 Å². The highest BCUT2D eigenvalue weighted by molar-refractivity contribution is 7.47. The van der Waals surface area contributed by atoms with Gasteiger partial charge in [0.25, 0.3) is 0 Å². The predicted molar refractivity (Wildman–Crippen MR) is 108 cm³/mol. The fourth-order valence-corrected chi connectivity index (χ4v) is 3.46. The molecule has 0 radical (unpaired) electrons. The van der Waals surface area contributed by atoms with Gasteiger partial charge in [-0.05, 0) is 12.3 Å². The van der Waals surface area contributed by atoms with E-state index < -0.39 is 7.82 Å². The first-order valence-corrected chi connectivity index (χ1v) is 12.3. The van der Waals surface area contributed by atoms with E-state index in [0.717, 1.165) is 12.8 Å². The molecule has 1 unspecified atom stereocenters. The first-order chi connectivity index (χ1) is 12.5. The summed E-state index contributed by atoms with van der Waals surface area (Å²) in [7, 11) is -4.06. The fourth-order valence-electron chi connectivity index (χ4n) is 2.72. The SMILES string of the molecule is CCCCCCCCCCCCCCCCOOP(=O)(O)OCC(C)C. The van der Waals surface area contributed by atoms with Gasteiger partial charge in [0.05, 0.1) is 13.2 Å². The lowest BCUT2D eigenvalue weighted by Crippen LogP contribution is -2.03. The minimum Gasteiger partial charge on any atom is -0.301 e. The van der Waals surface area contributed by atoms with Crippen LogP contribution in [-0.4, -0.2) is 18.1 Å². The van der Waals surface area contributed by atoms with Crippen LogP contribution in [0.2, 0.25) is 0 Å². The minimum atomic E-state index is -4.06. The van der Waals surface area contributed by atoms with E-state index in [4.69, 9.17) is 9.41 Å². The molecule has 0 fully saturated rings. The second-order valence-electron chi connectivity index (χ2n) is 7.65. The zero-order chi connectivity index (χ0) is 19.5. The molecule has 0 bridgehead atoms. The van der Waals surface area contributed by atoms with Crippen molar-refractivity contribution in [1.29, 1.82) is 0 Å². The molecule has 1 atom stereocenters. The highest BCUT2D eigenvalue weighted by Gasteiger charge is 2.22. The number of hydrogen-bond acceptors (Lipinski definition) is 4. The number of unbranched alkanes of at least 4 members (excludes halogenated alkanes) is 13. The van der Waals surface area contributed by atoms with Crippen LogP contribution in [-0.2, 0) is 18.7 Å². The molecule has 0 saturated heterocycles. The first kappa shape index (κ1) is 26.1. The summed E-state index contributed by atoms with van der Waals surface area (Å²) in [6.07, 6.45) is 18.1. The highest BCUT2D eigenvalue weighted by atomic mass is 31.2. The van der Waals surface area contributed by atoms with E-state index in [2.05, 4.69) is 11.6 Å². The van der Waals surface area contributed by atoms with E-state index in [9.17, 15) is 9.46 Å². The van der Waals surface area contributed by atoms with Crippen molar-refractivity contribution in [2.45, 2.75) is 111 Å². The molecule has 0 aliphatic rings. The molecule has 0 aromatic carbocycles. The monoisotopic (exact) mass is 394 g/mol. The summed E-state index contributed by atoms with van der Waals surface area (Å²) in [5.41, 5.74) is 0. The first-order valence-electron chi connectivity index (χ1n) is 10.8. The molecule has 26 heavy (non-hydrogen) atoms. The predicted octanol–water partition coefficient (Wildman–Crippen LogP) is 7.19. The third-order valence-electron chi connectivity index (χ3n) is 4.30. The summed E-state index contributed by atoms with van der Waals surface area (Å²) in [6.45, 7) is 6.56. The Hall–Kier alpha value is 0.0700. The van der Waals surface area contributed by atoms with Crippen molar-refractivity contribution in [3.8, 4) is 0 Å². The second kappa shape index (κ2) is 18.4. The summed E-state index contributed by atoms with van der Waals surface area (Å²) in [5.74, 6) is 0.171. The van der Waals surface area contributed by atoms with Gasteiger partial charge in [0.1, 0.15) is 0 Å². The van der Waals surface area contributed by atoms with Gasteiger partial charge in [0, 0.05) is 0 Å². The van der Waals surface area contributed by atoms with E-state index in [1.807, 2.05) is 13.8 Å². The van der Waals surface area contributed by atoms with E-state index in [1.54, 1.807) is 0 Å². The minimum absolute atomic E-state index is 0.171. The van der Waals surface area contributed by atoms with Gasteiger partial charge in [0.2, 0.25) is 0 Å². The van der Waals surface area contributed by atoms with E-state index in [0.29, 0.717) is 6.61 Å². The van der Waals surface area contributed by atoms with Gasteiger partial charge in [-0.25, -0.2) is 9.45 Å². The maximum absolute atomic E-state index is 11.5. The van der Waals surface area contributed by atoms with Crippen LogP contribution in [0.15, 0.2) is 0 Å². The zero-order valence-electron chi connectivity index (χ0n) is 17.4. The largest absolute Gasteiger partial charge is 0.499 e. The van der Waals surface area contributed by atoms with Crippen molar-refractivity contribution >= 4 is 7.82 Å². The lowest BCUT2D eigenvalue weighted by Gasteiger charge is -2.12. The number of hydrogen-bond donors (Lipinski definition) is 1. The fraction of sp³-hybridized carbons (Fsp3) is 1.00. The van der Waals surface area contributed by atoms with E-state index >= 15 is 0 Å². The molecule has 0 aliphatic carbocycles. The Morgan fingerprint density at radius 2 is 1.19 bits per heavy atom. The molecular formula is C20H43O5P.